The fraction of sp³-hybridized carbons (Fsp3) is 0.529. The van der Waals surface area contributed by atoms with Crippen LogP contribution in [0.15, 0.2) is 24.3 Å². The first-order valence-corrected chi connectivity index (χ1v) is 8.12. The van der Waals surface area contributed by atoms with Gasteiger partial charge in [-0.05, 0) is 37.1 Å². The summed E-state index contributed by atoms with van der Waals surface area (Å²) in [6.45, 7) is 3.34. The number of hydrogen-bond donors (Lipinski definition) is 1. The van der Waals surface area contributed by atoms with Gasteiger partial charge in [-0.1, -0.05) is 0 Å². The van der Waals surface area contributed by atoms with Crippen LogP contribution in [-0.2, 0) is 4.79 Å². The van der Waals surface area contributed by atoms with Gasteiger partial charge >= 0.3 is 0 Å². The van der Waals surface area contributed by atoms with Crippen molar-refractivity contribution < 1.29 is 14.3 Å². The van der Waals surface area contributed by atoms with Crippen LogP contribution < -0.4 is 10.1 Å². The molecule has 6 nitrogen and oxygen atoms in total. The predicted molar refractivity (Wildman–Crippen MR) is 93.8 cm³/mol. The van der Waals surface area contributed by atoms with Crippen molar-refractivity contribution in [2.75, 3.05) is 39.8 Å². The Morgan fingerprint density at radius 2 is 2.00 bits per heavy atom. The van der Waals surface area contributed by atoms with E-state index in [2.05, 4.69) is 5.32 Å². The van der Waals surface area contributed by atoms with Crippen LogP contribution in [0.3, 0.4) is 0 Å². The zero-order chi connectivity index (χ0) is 16.2. The fourth-order valence-electron chi connectivity index (χ4n) is 3.32. The molecule has 2 fully saturated rings. The third kappa shape index (κ3) is 3.99. The normalized spacial score (nSPS) is 21.2. The second kappa shape index (κ2) is 8.35. The number of methoxy groups -OCH3 is 1. The van der Waals surface area contributed by atoms with Gasteiger partial charge in [0.15, 0.2) is 0 Å². The van der Waals surface area contributed by atoms with E-state index >= 15 is 0 Å². The Kier molecular flexibility index (Phi) is 6.45. The van der Waals surface area contributed by atoms with Crippen molar-refractivity contribution in [3.63, 3.8) is 0 Å². The molecule has 1 aromatic rings. The van der Waals surface area contributed by atoms with E-state index in [0.717, 1.165) is 38.2 Å². The molecule has 132 valence electrons. The van der Waals surface area contributed by atoms with Crippen molar-refractivity contribution in [3.05, 3.63) is 29.8 Å². The van der Waals surface area contributed by atoms with E-state index < -0.39 is 0 Å². The van der Waals surface area contributed by atoms with Crippen molar-refractivity contribution >= 4 is 24.2 Å². The second-order valence-electron chi connectivity index (χ2n) is 6.04. The number of piperazine rings is 1. The molecule has 2 amide bonds. The topological polar surface area (TPSA) is 61.9 Å². The van der Waals surface area contributed by atoms with Gasteiger partial charge < -0.3 is 19.9 Å². The van der Waals surface area contributed by atoms with Gasteiger partial charge in [0.25, 0.3) is 5.91 Å². The maximum Gasteiger partial charge on any atom is 0.253 e. The van der Waals surface area contributed by atoms with Gasteiger partial charge in [-0.15, -0.1) is 12.4 Å². The fourth-order valence-corrected chi connectivity index (χ4v) is 3.32. The summed E-state index contributed by atoms with van der Waals surface area (Å²) < 4.78 is 5.13. The lowest BCUT2D eigenvalue weighted by atomic mass is 10.0. The smallest absolute Gasteiger partial charge is 0.253 e. The molecule has 7 heteroatoms. The maximum atomic E-state index is 12.7. The molecule has 2 saturated heterocycles. The van der Waals surface area contributed by atoms with E-state index in [9.17, 15) is 9.59 Å². The third-order valence-electron chi connectivity index (χ3n) is 4.59. The van der Waals surface area contributed by atoms with E-state index in [-0.39, 0.29) is 30.3 Å². The minimum atomic E-state index is 0. The number of nitrogens with zero attached hydrogens (tertiary/aromatic N) is 2. The van der Waals surface area contributed by atoms with E-state index in [4.69, 9.17) is 4.74 Å². The molecule has 0 bridgehead atoms. The Bertz CT molecular complexity index is 579. The molecule has 0 saturated carbocycles. The minimum Gasteiger partial charge on any atom is -0.497 e. The summed E-state index contributed by atoms with van der Waals surface area (Å²) in [7, 11) is 1.61. The van der Waals surface area contributed by atoms with Gasteiger partial charge in [-0.2, -0.15) is 0 Å². The highest BCUT2D eigenvalue weighted by Crippen LogP contribution is 2.20. The second-order valence-corrected chi connectivity index (χ2v) is 6.04. The van der Waals surface area contributed by atoms with Crippen LogP contribution in [0.1, 0.15) is 23.2 Å². The van der Waals surface area contributed by atoms with E-state index in [0.29, 0.717) is 18.7 Å². The van der Waals surface area contributed by atoms with E-state index in [1.807, 2.05) is 9.80 Å². The third-order valence-corrected chi connectivity index (χ3v) is 4.59. The molecule has 3 rings (SSSR count). The van der Waals surface area contributed by atoms with Crippen LogP contribution in [0, 0.1) is 0 Å². The molecule has 2 aliphatic heterocycles. The summed E-state index contributed by atoms with van der Waals surface area (Å²) in [5.41, 5.74) is 0.665. The van der Waals surface area contributed by atoms with Crippen LogP contribution in [0.5, 0.6) is 5.75 Å². The van der Waals surface area contributed by atoms with E-state index in [1.54, 1.807) is 31.4 Å². The Balaban J connectivity index is 0.00000208. The summed E-state index contributed by atoms with van der Waals surface area (Å²) >= 11 is 0. The quantitative estimate of drug-likeness (QED) is 0.885. The lowest BCUT2D eigenvalue weighted by Gasteiger charge is -2.41. The number of piperidine rings is 1. The Labute approximate surface area is 148 Å². The van der Waals surface area contributed by atoms with Gasteiger partial charge in [0.1, 0.15) is 5.75 Å². The molecule has 1 N–H and O–H groups in total. The number of benzene rings is 1. The molecule has 0 aromatic heterocycles. The van der Waals surface area contributed by atoms with Crippen LogP contribution in [0.4, 0.5) is 0 Å². The van der Waals surface area contributed by atoms with Crippen molar-refractivity contribution in [2.45, 2.75) is 18.9 Å². The van der Waals surface area contributed by atoms with Crippen LogP contribution in [0.25, 0.3) is 0 Å². The number of carbonyl (C=O) groups excluding carboxylic acids is 2. The minimum absolute atomic E-state index is 0. The molecule has 1 atom stereocenters. The lowest BCUT2D eigenvalue weighted by molar-refractivity contribution is -0.135. The summed E-state index contributed by atoms with van der Waals surface area (Å²) in [6, 6.07) is 7.32. The average molecular weight is 354 g/mol. The number of hydrogen-bond acceptors (Lipinski definition) is 4. The summed E-state index contributed by atoms with van der Waals surface area (Å²) in [5, 5.41) is 3.09. The number of halogens is 1. The van der Waals surface area contributed by atoms with Crippen molar-refractivity contribution in [1.82, 2.24) is 15.1 Å². The van der Waals surface area contributed by atoms with Crippen molar-refractivity contribution in [3.8, 4) is 5.75 Å². The van der Waals surface area contributed by atoms with Crippen molar-refractivity contribution in [1.29, 1.82) is 0 Å². The predicted octanol–water partition coefficient (Wildman–Crippen LogP) is 1.15. The Morgan fingerprint density at radius 1 is 1.25 bits per heavy atom. The Morgan fingerprint density at radius 3 is 2.67 bits per heavy atom. The van der Waals surface area contributed by atoms with Gasteiger partial charge in [0.2, 0.25) is 5.91 Å². The molecular formula is C17H24ClN3O3. The van der Waals surface area contributed by atoms with Crippen LogP contribution >= 0.6 is 12.4 Å². The SMILES string of the molecule is COc1ccc(C(=O)N2CCCC(N3CCNCC3=O)C2)cc1.Cl. The first-order valence-electron chi connectivity index (χ1n) is 8.12. The standard InChI is InChI=1S/C17H23N3O3.ClH/c1-23-15-6-4-13(5-7-15)17(22)19-9-2-3-14(12-19)20-10-8-18-11-16(20)21;/h4-7,14,18H,2-3,8-12H2,1H3;1H. The number of carbonyl (C=O) groups is 2. The zero-order valence-electron chi connectivity index (χ0n) is 13.9. The largest absolute Gasteiger partial charge is 0.497 e. The number of likely N-dealkylation sites (tertiary alicyclic amines) is 1. The highest BCUT2D eigenvalue weighted by Gasteiger charge is 2.31. The van der Waals surface area contributed by atoms with Crippen LogP contribution in [0.2, 0.25) is 0 Å². The number of rotatable bonds is 3. The molecule has 2 aliphatic rings. The van der Waals surface area contributed by atoms with E-state index in [1.165, 1.54) is 0 Å². The Hall–Kier alpha value is -1.79. The highest BCUT2D eigenvalue weighted by molar-refractivity contribution is 5.94. The molecule has 0 spiro atoms. The lowest BCUT2D eigenvalue weighted by Crippen LogP contribution is -2.57. The summed E-state index contributed by atoms with van der Waals surface area (Å²) in [4.78, 5) is 28.5. The maximum absolute atomic E-state index is 12.7. The average Bonchev–Trinajstić information content (AvgIpc) is 2.62. The van der Waals surface area contributed by atoms with Gasteiger partial charge in [0.05, 0.1) is 13.7 Å². The van der Waals surface area contributed by atoms with Crippen molar-refractivity contribution in [2.24, 2.45) is 0 Å². The zero-order valence-corrected chi connectivity index (χ0v) is 14.7. The molecule has 24 heavy (non-hydrogen) atoms. The summed E-state index contributed by atoms with van der Waals surface area (Å²) in [5.74, 6) is 0.907. The van der Waals surface area contributed by atoms with Crippen LogP contribution in [-0.4, -0.2) is 67.5 Å². The molecule has 1 aromatic carbocycles. The molecule has 1 unspecified atom stereocenters. The molecule has 0 aliphatic carbocycles. The molecule has 0 radical (unpaired) electrons. The first kappa shape index (κ1) is 18.5. The number of ether oxygens (including phenoxy) is 1. The van der Waals surface area contributed by atoms with Gasteiger partial charge in [-0.25, -0.2) is 0 Å². The summed E-state index contributed by atoms with van der Waals surface area (Å²) in [6.07, 6.45) is 1.90. The monoisotopic (exact) mass is 353 g/mol. The first-order chi connectivity index (χ1) is 11.2. The molecule has 2 heterocycles. The number of amides is 2. The van der Waals surface area contributed by atoms with Gasteiger partial charge in [0, 0.05) is 37.8 Å². The van der Waals surface area contributed by atoms with Gasteiger partial charge in [-0.3, -0.25) is 9.59 Å². The highest BCUT2D eigenvalue weighted by atomic mass is 35.5. The number of nitrogens with one attached hydrogen (secondary N) is 1. The molecular weight excluding hydrogens is 330 g/mol.